The minimum Gasteiger partial charge on any atom is -0.494 e. The van der Waals surface area contributed by atoms with E-state index in [0.717, 1.165) is 34.1 Å². The smallest absolute Gasteiger partial charge is 0.202 e. The molecule has 1 N–H and O–H groups in total. The summed E-state index contributed by atoms with van der Waals surface area (Å²) in [5.41, 5.74) is 2.02. The number of carbonyl (C=O) groups excluding carboxylic acids is 1. The van der Waals surface area contributed by atoms with E-state index in [1.807, 2.05) is 49.5 Å². The van der Waals surface area contributed by atoms with Crippen LogP contribution in [0.25, 0.3) is 0 Å². The molecule has 2 aromatic carbocycles. The van der Waals surface area contributed by atoms with E-state index in [0.29, 0.717) is 6.61 Å². The van der Waals surface area contributed by atoms with E-state index < -0.39 is 0 Å². The molecule has 0 saturated carbocycles. The maximum Gasteiger partial charge on any atom is 0.202 e. The first-order valence-electron chi connectivity index (χ1n) is 7.75. The Balaban J connectivity index is 1.60. The molecular formula is C19H19NO2S. The number of Topliss-reactive ketones (excluding diaryl/α,β-unsaturated/α-hetero) is 1. The SMILES string of the molecule is CCOc1ccc2c(c1)C(=O)/C(=C/NCCc1ccccc1)S2. The summed E-state index contributed by atoms with van der Waals surface area (Å²) in [6, 6.07) is 16.0. The van der Waals surface area contributed by atoms with Gasteiger partial charge in [0, 0.05) is 23.2 Å². The third-order valence-corrected chi connectivity index (χ3v) is 4.68. The second-order valence-electron chi connectivity index (χ2n) is 5.22. The first-order valence-corrected chi connectivity index (χ1v) is 8.56. The van der Waals surface area contributed by atoms with Crippen molar-refractivity contribution < 1.29 is 9.53 Å². The van der Waals surface area contributed by atoms with Gasteiger partial charge in [-0.1, -0.05) is 42.1 Å². The zero-order chi connectivity index (χ0) is 16.1. The lowest BCUT2D eigenvalue weighted by molar-refractivity contribution is 0.104. The number of fused-ring (bicyclic) bond motifs is 1. The quantitative estimate of drug-likeness (QED) is 0.642. The molecule has 1 aliphatic heterocycles. The van der Waals surface area contributed by atoms with E-state index >= 15 is 0 Å². The fraction of sp³-hybridized carbons (Fsp3) is 0.211. The molecular weight excluding hydrogens is 306 g/mol. The molecule has 4 heteroatoms. The van der Waals surface area contributed by atoms with Gasteiger partial charge in [-0.15, -0.1) is 0 Å². The molecule has 0 amide bonds. The number of hydrogen-bond donors (Lipinski definition) is 1. The van der Waals surface area contributed by atoms with Crippen molar-refractivity contribution >= 4 is 17.5 Å². The van der Waals surface area contributed by atoms with Crippen LogP contribution in [0.3, 0.4) is 0 Å². The first kappa shape index (κ1) is 15.7. The molecule has 2 aromatic rings. The lowest BCUT2D eigenvalue weighted by Crippen LogP contribution is -2.11. The highest BCUT2D eigenvalue weighted by atomic mass is 32.2. The van der Waals surface area contributed by atoms with E-state index in [2.05, 4.69) is 17.4 Å². The fourth-order valence-corrected chi connectivity index (χ4v) is 3.43. The summed E-state index contributed by atoms with van der Waals surface area (Å²) < 4.78 is 5.47. The monoisotopic (exact) mass is 325 g/mol. The van der Waals surface area contributed by atoms with Crippen molar-refractivity contribution in [2.24, 2.45) is 0 Å². The Morgan fingerprint density at radius 3 is 2.78 bits per heavy atom. The van der Waals surface area contributed by atoms with Crippen LogP contribution in [-0.4, -0.2) is 18.9 Å². The van der Waals surface area contributed by atoms with Crippen LogP contribution in [-0.2, 0) is 6.42 Å². The first-order chi connectivity index (χ1) is 11.3. The van der Waals surface area contributed by atoms with Gasteiger partial charge in [0.05, 0.1) is 11.5 Å². The van der Waals surface area contributed by atoms with Crippen LogP contribution >= 0.6 is 11.8 Å². The standard InChI is InChI=1S/C19H19NO2S/c1-2-22-15-8-9-17-16(12-15)19(21)18(23-17)13-20-11-10-14-6-4-3-5-7-14/h3-9,12-13,20H,2,10-11H2,1H3/b18-13-. The van der Waals surface area contributed by atoms with Gasteiger partial charge < -0.3 is 10.1 Å². The number of nitrogens with one attached hydrogen (secondary N) is 1. The topological polar surface area (TPSA) is 38.3 Å². The van der Waals surface area contributed by atoms with Gasteiger partial charge >= 0.3 is 0 Å². The molecule has 0 aromatic heterocycles. The predicted molar refractivity (Wildman–Crippen MR) is 94.0 cm³/mol. The number of carbonyl (C=O) groups is 1. The Kier molecular flexibility index (Phi) is 5.03. The molecule has 0 atom stereocenters. The average Bonchev–Trinajstić information content (AvgIpc) is 2.89. The van der Waals surface area contributed by atoms with Crippen molar-refractivity contribution in [1.82, 2.24) is 5.32 Å². The van der Waals surface area contributed by atoms with Gasteiger partial charge in [0.2, 0.25) is 5.78 Å². The Hall–Kier alpha value is -2.20. The predicted octanol–water partition coefficient (Wildman–Crippen LogP) is 4.05. The van der Waals surface area contributed by atoms with Crippen LogP contribution in [0.1, 0.15) is 22.8 Å². The van der Waals surface area contributed by atoms with Crippen molar-refractivity contribution in [3.63, 3.8) is 0 Å². The summed E-state index contributed by atoms with van der Waals surface area (Å²) in [6.07, 6.45) is 2.77. The minimum atomic E-state index is 0.0683. The van der Waals surface area contributed by atoms with E-state index in [1.165, 1.54) is 17.3 Å². The average molecular weight is 325 g/mol. The summed E-state index contributed by atoms with van der Waals surface area (Å²) >= 11 is 1.51. The van der Waals surface area contributed by atoms with E-state index in [9.17, 15) is 4.79 Å². The summed E-state index contributed by atoms with van der Waals surface area (Å²) in [5.74, 6) is 0.817. The van der Waals surface area contributed by atoms with Crippen molar-refractivity contribution in [3.8, 4) is 5.75 Å². The van der Waals surface area contributed by atoms with Crippen LogP contribution in [0, 0.1) is 0 Å². The highest BCUT2D eigenvalue weighted by Crippen LogP contribution is 2.40. The van der Waals surface area contributed by atoms with Gasteiger partial charge in [0.15, 0.2) is 0 Å². The molecule has 1 aliphatic rings. The van der Waals surface area contributed by atoms with Gasteiger partial charge in [-0.2, -0.15) is 0 Å². The molecule has 0 saturated heterocycles. The summed E-state index contributed by atoms with van der Waals surface area (Å²) in [5, 5.41) is 3.25. The molecule has 0 unspecified atom stereocenters. The van der Waals surface area contributed by atoms with Gasteiger partial charge in [0.25, 0.3) is 0 Å². The van der Waals surface area contributed by atoms with Gasteiger partial charge in [-0.25, -0.2) is 0 Å². The largest absolute Gasteiger partial charge is 0.494 e. The minimum absolute atomic E-state index is 0.0683. The molecule has 0 radical (unpaired) electrons. The Labute approximate surface area is 140 Å². The molecule has 0 aliphatic carbocycles. The second kappa shape index (κ2) is 7.38. The van der Waals surface area contributed by atoms with Gasteiger partial charge in [-0.05, 0) is 37.1 Å². The number of allylic oxidation sites excluding steroid dienone is 1. The third kappa shape index (κ3) is 3.77. The fourth-order valence-electron chi connectivity index (χ4n) is 2.45. The van der Waals surface area contributed by atoms with Crippen molar-refractivity contribution in [1.29, 1.82) is 0 Å². The van der Waals surface area contributed by atoms with Crippen LogP contribution in [0.2, 0.25) is 0 Å². The highest BCUT2D eigenvalue weighted by molar-refractivity contribution is 8.04. The van der Waals surface area contributed by atoms with Crippen LogP contribution in [0.15, 0.2) is 64.5 Å². The number of rotatable bonds is 6. The number of ketones is 1. The van der Waals surface area contributed by atoms with Gasteiger partial charge in [-0.3, -0.25) is 4.79 Å². The molecule has 0 bridgehead atoms. The van der Waals surface area contributed by atoms with E-state index in [4.69, 9.17) is 4.74 Å². The maximum absolute atomic E-state index is 12.4. The maximum atomic E-state index is 12.4. The number of ether oxygens (including phenoxy) is 1. The van der Waals surface area contributed by atoms with E-state index in [1.54, 1.807) is 0 Å². The van der Waals surface area contributed by atoms with Crippen LogP contribution in [0.4, 0.5) is 0 Å². The summed E-state index contributed by atoms with van der Waals surface area (Å²) in [6.45, 7) is 3.34. The lowest BCUT2D eigenvalue weighted by Gasteiger charge is -2.03. The Bertz CT molecular complexity index is 725. The summed E-state index contributed by atoms with van der Waals surface area (Å²) in [4.78, 5) is 14.2. The van der Waals surface area contributed by atoms with Crippen LogP contribution < -0.4 is 10.1 Å². The van der Waals surface area contributed by atoms with Crippen molar-refractivity contribution in [2.75, 3.05) is 13.2 Å². The van der Waals surface area contributed by atoms with Crippen molar-refractivity contribution in [3.05, 3.63) is 70.8 Å². The lowest BCUT2D eigenvalue weighted by atomic mass is 10.1. The van der Waals surface area contributed by atoms with Crippen molar-refractivity contribution in [2.45, 2.75) is 18.2 Å². The molecule has 3 rings (SSSR count). The number of benzene rings is 2. The molecule has 23 heavy (non-hydrogen) atoms. The third-order valence-electron chi connectivity index (χ3n) is 3.58. The molecule has 1 heterocycles. The second-order valence-corrected chi connectivity index (χ2v) is 6.30. The molecule has 0 fully saturated rings. The number of hydrogen-bond acceptors (Lipinski definition) is 4. The molecule has 0 spiro atoms. The zero-order valence-corrected chi connectivity index (χ0v) is 13.9. The summed E-state index contributed by atoms with van der Waals surface area (Å²) in [7, 11) is 0. The van der Waals surface area contributed by atoms with Crippen LogP contribution in [0.5, 0.6) is 5.75 Å². The highest BCUT2D eigenvalue weighted by Gasteiger charge is 2.26. The Morgan fingerprint density at radius 1 is 1.17 bits per heavy atom. The zero-order valence-electron chi connectivity index (χ0n) is 13.0. The van der Waals surface area contributed by atoms with E-state index in [-0.39, 0.29) is 5.78 Å². The Morgan fingerprint density at radius 2 is 2.00 bits per heavy atom. The molecule has 118 valence electrons. The molecule has 3 nitrogen and oxygen atoms in total. The van der Waals surface area contributed by atoms with Gasteiger partial charge in [0.1, 0.15) is 5.75 Å². The normalized spacial score (nSPS) is 14.8. The number of thioether (sulfide) groups is 1.